The topological polar surface area (TPSA) is 40.5 Å². The number of rotatable bonds is 3. The zero-order valence-electron chi connectivity index (χ0n) is 14.7. The SMILES string of the molecule is CC1(O)CCC(N2CCC(Cc3ccc(C(F)(F)F)cc3Cl)C2=O)CC1. The number of carbonyl (C=O) groups is 1. The second-order valence-corrected chi connectivity index (χ2v) is 8.16. The molecule has 0 aromatic heterocycles. The first kappa shape index (κ1) is 19.5. The minimum Gasteiger partial charge on any atom is -0.390 e. The smallest absolute Gasteiger partial charge is 0.390 e. The summed E-state index contributed by atoms with van der Waals surface area (Å²) in [4.78, 5) is 14.6. The zero-order valence-corrected chi connectivity index (χ0v) is 15.4. The first-order valence-electron chi connectivity index (χ1n) is 8.95. The van der Waals surface area contributed by atoms with Gasteiger partial charge in [0.1, 0.15) is 0 Å². The van der Waals surface area contributed by atoms with Gasteiger partial charge < -0.3 is 10.0 Å². The van der Waals surface area contributed by atoms with Gasteiger partial charge in [0.15, 0.2) is 0 Å². The highest BCUT2D eigenvalue weighted by Crippen LogP contribution is 2.36. The molecule has 0 bridgehead atoms. The van der Waals surface area contributed by atoms with Crippen LogP contribution in [-0.4, -0.2) is 34.1 Å². The molecule has 1 aromatic carbocycles. The molecule has 1 atom stereocenters. The lowest BCUT2D eigenvalue weighted by molar-refractivity contribution is -0.137. The maximum atomic E-state index is 12.7. The summed E-state index contributed by atoms with van der Waals surface area (Å²) in [6, 6.07) is 3.47. The van der Waals surface area contributed by atoms with Crippen LogP contribution in [0.15, 0.2) is 18.2 Å². The third-order valence-electron chi connectivity index (χ3n) is 5.67. The van der Waals surface area contributed by atoms with Gasteiger partial charge in [-0.15, -0.1) is 0 Å². The number of likely N-dealkylation sites (tertiary alicyclic amines) is 1. The third-order valence-corrected chi connectivity index (χ3v) is 6.02. The second kappa shape index (κ2) is 7.04. The van der Waals surface area contributed by atoms with E-state index in [-0.39, 0.29) is 22.9 Å². The highest BCUT2D eigenvalue weighted by Gasteiger charge is 2.39. The Labute approximate surface area is 156 Å². The van der Waals surface area contributed by atoms with Gasteiger partial charge in [-0.1, -0.05) is 17.7 Å². The van der Waals surface area contributed by atoms with Crippen molar-refractivity contribution in [3.05, 3.63) is 34.3 Å². The maximum absolute atomic E-state index is 12.7. The van der Waals surface area contributed by atoms with Crippen LogP contribution in [0.3, 0.4) is 0 Å². The van der Waals surface area contributed by atoms with Crippen molar-refractivity contribution in [1.29, 1.82) is 0 Å². The molecule has 2 aliphatic rings. The highest BCUT2D eigenvalue weighted by atomic mass is 35.5. The van der Waals surface area contributed by atoms with Gasteiger partial charge >= 0.3 is 6.18 Å². The number of nitrogens with zero attached hydrogens (tertiary/aromatic N) is 1. The van der Waals surface area contributed by atoms with Gasteiger partial charge in [-0.2, -0.15) is 13.2 Å². The Hall–Kier alpha value is -1.27. The fourth-order valence-electron chi connectivity index (χ4n) is 4.01. The van der Waals surface area contributed by atoms with Crippen molar-refractivity contribution in [3.8, 4) is 0 Å². The number of amides is 1. The summed E-state index contributed by atoms with van der Waals surface area (Å²) < 4.78 is 38.2. The molecule has 7 heteroatoms. The molecule has 1 aliphatic carbocycles. The quantitative estimate of drug-likeness (QED) is 0.830. The summed E-state index contributed by atoms with van der Waals surface area (Å²) in [5.41, 5.74) is -0.849. The van der Waals surface area contributed by atoms with E-state index in [2.05, 4.69) is 0 Å². The summed E-state index contributed by atoms with van der Waals surface area (Å²) in [6.07, 6.45) is -0.461. The second-order valence-electron chi connectivity index (χ2n) is 7.75. The summed E-state index contributed by atoms with van der Waals surface area (Å²) in [6.45, 7) is 2.49. The minimum absolute atomic E-state index is 0.0486. The van der Waals surface area contributed by atoms with Gasteiger partial charge in [0.05, 0.1) is 11.2 Å². The van der Waals surface area contributed by atoms with Gasteiger partial charge in [-0.05, 0) is 63.1 Å². The van der Waals surface area contributed by atoms with Gasteiger partial charge in [-0.3, -0.25) is 4.79 Å². The fourth-order valence-corrected chi connectivity index (χ4v) is 4.26. The van der Waals surface area contributed by atoms with E-state index < -0.39 is 17.3 Å². The Kier molecular flexibility index (Phi) is 5.28. The van der Waals surface area contributed by atoms with Crippen LogP contribution in [0.2, 0.25) is 5.02 Å². The van der Waals surface area contributed by atoms with Crippen LogP contribution >= 0.6 is 11.6 Å². The first-order valence-corrected chi connectivity index (χ1v) is 9.33. The number of carbonyl (C=O) groups excluding carboxylic acids is 1. The molecule has 3 nitrogen and oxygen atoms in total. The molecule has 1 amide bonds. The summed E-state index contributed by atoms with van der Waals surface area (Å²) >= 11 is 6.03. The van der Waals surface area contributed by atoms with E-state index >= 15 is 0 Å². The van der Waals surface area contributed by atoms with Crippen LogP contribution in [0, 0.1) is 5.92 Å². The van der Waals surface area contributed by atoms with Crippen LogP contribution in [0.1, 0.15) is 50.2 Å². The van der Waals surface area contributed by atoms with Gasteiger partial charge in [-0.25, -0.2) is 0 Å². The van der Waals surface area contributed by atoms with E-state index in [0.717, 1.165) is 25.0 Å². The number of hydrogen-bond donors (Lipinski definition) is 1. The number of hydrogen-bond acceptors (Lipinski definition) is 2. The standard InChI is InChI=1S/C19H23ClF3NO2/c1-18(26)7-4-15(5-8-18)24-9-6-13(17(24)25)10-12-2-3-14(11-16(12)20)19(21,22)23/h2-3,11,13,15,26H,4-10H2,1H3. The fraction of sp³-hybridized carbons (Fsp3) is 0.632. The molecule has 1 saturated carbocycles. The molecule has 26 heavy (non-hydrogen) atoms. The predicted octanol–water partition coefficient (Wildman–Crippen LogP) is 4.44. The Bertz CT molecular complexity index is 680. The van der Waals surface area contributed by atoms with Crippen molar-refractivity contribution in [2.24, 2.45) is 5.92 Å². The Morgan fingerprint density at radius 2 is 1.92 bits per heavy atom. The van der Waals surface area contributed by atoms with Crippen molar-refractivity contribution in [2.75, 3.05) is 6.54 Å². The van der Waals surface area contributed by atoms with E-state index in [0.29, 0.717) is 37.8 Å². The molecule has 0 radical (unpaired) electrons. The minimum atomic E-state index is -4.43. The van der Waals surface area contributed by atoms with E-state index in [4.69, 9.17) is 11.6 Å². The summed E-state index contributed by atoms with van der Waals surface area (Å²) in [7, 11) is 0. The average Bonchev–Trinajstić information content (AvgIpc) is 2.89. The Morgan fingerprint density at radius 1 is 1.27 bits per heavy atom. The molecule has 1 aliphatic heterocycles. The van der Waals surface area contributed by atoms with Gasteiger partial charge in [0, 0.05) is 23.5 Å². The molecular formula is C19H23ClF3NO2. The lowest BCUT2D eigenvalue weighted by atomic mass is 9.83. The maximum Gasteiger partial charge on any atom is 0.416 e. The van der Waals surface area contributed by atoms with E-state index in [9.17, 15) is 23.1 Å². The monoisotopic (exact) mass is 389 g/mol. The molecule has 3 rings (SSSR count). The number of benzene rings is 1. The van der Waals surface area contributed by atoms with Crippen LogP contribution in [0.5, 0.6) is 0 Å². The highest BCUT2D eigenvalue weighted by molar-refractivity contribution is 6.31. The summed E-state index contributed by atoms with van der Waals surface area (Å²) in [5.74, 6) is -0.195. The Balaban J connectivity index is 1.64. The molecule has 0 spiro atoms. The zero-order chi connectivity index (χ0) is 19.1. The third kappa shape index (κ3) is 4.17. The van der Waals surface area contributed by atoms with Gasteiger partial charge in [0.25, 0.3) is 0 Å². The number of halogens is 4. The van der Waals surface area contributed by atoms with Crippen molar-refractivity contribution in [2.45, 2.75) is 63.3 Å². The van der Waals surface area contributed by atoms with Crippen LogP contribution in [0.4, 0.5) is 13.2 Å². The van der Waals surface area contributed by atoms with Gasteiger partial charge in [0.2, 0.25) is 5.91 Å². The molecule has 1 saturated heterocycles. The molecular weight excluding hydrogens is 367 g/mol. The lowest BCUT2D eigenvalue weighted by Gasteiger charge is -2.37. The van der Waals surface area contributed by atoms with Crippen molar-refractivity contribution in [1.82, 2.24) is 4.90 Å². The molecule has 144 valence electrons. The number of alkyl halides is 3. The van der Waals surface area contributed by atoms with E-state index in [1.165, 1.54) is 6.07 Å². The van der Waals surface area contributed by atoms with Crippen molar-refractivity contribution >= 4 is 17.5 Å². The molecule has 1 unspecified atom stereocenters. The Morgan fingerprint density at radius 3 is 2.50 bits per heavy atom. The molecule has 1 heterocycles. The van der Waals surface area contributed by atoms with Crippen molar-refractivity contribution < 1.29 is 23.1 Å². The van der Waals surface area contributed by atoms with E-state index in [1.807, 2.05) is 11.8 Å². The average molecular weight is 390 g/mol. The summed E-state index contributed by atoms with van der Waals surface area (Å²) in [5, 5.41) is 10.1. The normalized spacial score (nSPS) is 30.1. The first-order chi connectivity index (χ1) is 12.1. The van der Waals surface area contributed by atoms with Crippen molar-refractivity contribution in [3.63, 3.8) is 0 Å². The van der Waals surface area contributed by atoms with Crippen LogP contribution in [0.25, 0.3) is 0 Å². The number of aliphatic hydroxyl groups is 1. The molecule has 1 aromatic rings. The largest absolute Gasteiger partial charge is 0.416 e. The lowest BCUT2D eigenvalue weighted by Crippen LogP contribution is -2.43. The van der Waals surface area contributed by atoms with Crippen LogP contribution in [-0.2, 0) is 17.4 Å². The molecule has 1 N–H and O–H groups in total. The predicted molar refractivity (Wildman–Crippen MR) is 92.9 cm³/mol. The van der Waals surface area contributed by atoms with Crippen LogP contribution < -0.4 is 0 Å². The van der Waals surface area contributed by atoms with E-state index in [1.54, 1.807) is 0 Å². The molecule has 2 fully saturated rings.